The van der Waals surface area contributed by atoms with Crippen LogP contribution in [-0.4, -0.2) is 38.6 Å². The summed E-state index contributed by atoms with van der Waals surface area (Å²) >= 11 is 0. The molecule has 8 heteroatoms. The molecule has 0 spiro atoms. The second kappa shape index (κ2) is 11.0. The van der Waals surface area contributed by atoms with Gasteiger partial charge in [0, 0.05) is 18.7 Å². The molecule has 1 aliphatic rings. The van der Waals surface area contributed by atoms with Gasteiger partial charge in [-0.1, -0.05) is 36.4 Å². The quantitative estimate of drug-likeness (QED) is 0.480. The fourth-order valence-electron chi connectivity index (χ4n) is 4.28. The number of nitrogens with zero attached hydrogens (tertiary/aromatic N) is 2. The van der Waals surface area contributed by atoms with Gasteiger partial charge < -0.3 is 5.32 Å². The third-order valence-electron chi connectivity index (χ3n) is 6.21. The van der Waals surface area contributed by atoms with Crippen molar-refractivity contribution in [2.75, 3.05) is 23.7 Å². The zero-order chi connectivity index (χ0) is 24.8. The summed E-state index contributed by atoms with van der Waals surface area (Å²) < 4.78 is 39.3. The first kappa shape index (κ1) is 24.9. The average Bonchev–Trinajstić information content (AvgIpc) is 3.35. The molecule has 1 N–H and O–H groups in total. The lowest BCUT2D eigenvalue weighted by molar-refractivity contribution is 0.0950. The van der Waals surface area contributed by atoms with Gasteiger partial charge >= 0.3 is 0 Å². The van der Waals surface area contributed by atoms with Crippen LogP contribution in [0.3, 0.4) is 0 Å². The summed E-state index contributed by atoms with van der Waals surface area (Å²) in [5.74, 6) is -0.606. The van der Waals surface area contributed by atoms with E-state index in [1.54, 1.807) is 36.4 Å². The SMILES string of the molecule is CS(=O)(=O)N(Cc1ccc(F)cc1)c1ccc(C(=O)NCc2ccccc2CN2CCCC2)cc1. The number of nitrogens with one attached hydrogen (secondary N) is 1. The summed E-state index contributed by atoms with van der Waals surface area (Å²) in [5.41, 5.74) is 3.85. The van der Waals surface area contributed by atoms with Crippen LogP contribution in [0.4, 0.5) is 10.1 Å². The van der Waals surface area contributed by atoms with Crippen LogP contribution >= 0.6 is 0 Å². The zero-order valence-corrected chi connectivity index (χ0v) is 20.6. The van der Waals surface area contributed by atoms with E-state index in [0.29, 0.717) is 23.4 Å². The monoisotopic (exact) mass is 495 g/mol. The minimum Gasteiger partial charge on any atom is -0.348 e. The lowest BCUT2D eigenvalue weighted by Gasteiger charge is -2.23. The average molecular weight is 496 g/mol. The van der Waals surface area contributed by atoms with Gasteiger partial charge in [0.1, 0.15) is 5.82 Å². The summed E-state index contributed by atoms with van der Waals surface area (Å²) in [7, 11) is -3.59. The highest BCUT2D eigenvalue weighted by atomic mass is 32.2. The number of hydrogen-bond acceptors (Lipinski definition) is 4. The van der Waals surface area contributed by atoms with Gasteiger partial charge in [-0.2, -0.15) is 0 Å². The summed E-state index contributed by atoms with van der Waals surface area (Å²) in [6.45, 7) is 3.59. The second-order valence-electron chi connectivity index (χ2n) is 8.88. The standard InChI is InChI=1S/C27H30FN3O3S/c1-35(33,34)31(19-21-8-12-25(28)13-9-21)26-14-10-22(11-15-26)27(32)29-18-23-6-2-3-7-24(23)20-30-16-4-5-17-30/h2-3,6-15H,4-5,16-20H2,1H3,(H,29,32). The molecule has 3 aromatic rings. The number of carbonyl (C=O) groups is 1. The van der Waals surface area contributed by atoms with E-state index in [1.165, 1.54) is 34.8 Å². The Morgan fingerprint density at radius 3 is 2.20 bits per heavy atom. The number of benzene rings is 3. The van der Waals surface area contributed by atoms with Crippen LogP contribution in [-0.2, 0) is 29.7 Å². The van der Waals surface area contributed by atoms with E-state index in [-0.39, 0.29) is 18.3 Å². The molecule has 35 heavy (non-hydrogen) atoms. The maximum absolute atomic E-state index is 13.2. The molecular formula is C27H30FN3O3S. The van der Waals surface area contributed by atoms with Crippen LogP contribution in [0, 0.1) is 5.82 Å². The van der Waals surface area contributed by atoms with E-state index in [1.807, 2.05) is 18.2 Å². The van der Waals surface area contributed by atoms with Crippen LogP contribution in [0.2, 0.25) is 0 Å². The fourth-order valence-corrected chi connectivity index (χ4v) is 5.17. The number of halogens is 1. The fraction of sp³-hybridized carbons (Fsp3) is 0.296. The van der Waals surface area contributed by atoms with Gasteiger partial charge in [0.2, 0.25) is 10.0 Å². The molecule has 0 bridgehead atoms. The predicted octanol–water partition coefficient (Wildman–Crippen LogP) is 4.32. The van der Waals surface area contributed by atoms with E-state index in [4.69, 9.17) is 0 Å². The highest BCUT2D eigenvalue weighted by molar-refractivity contribution is 7.92. The van der Waals surface area contributed by atoms with Gasteiger partial charge in [-0.25, -0.2) is 12.8 Å². The summed E-state index contributed by atoms with van der Waals surface area (Å²) in [6, 6.07) is 20.3. The van der Waals surface area contributed by atoms with E-state index in [9.17, 15) is 17.6 Å². The van der Waals surface area contributed by atoms with Crippen molar-refractivity contribution in [3.05, 3.63) is 101 Å². The minimum atomic E-state index is -3.59. The Labute approximate surface area is 206 Å². The molecular weight excluding hydrogens is 465 g/mol. The van der Waals surface area contributed by atoms with Crippen LogP contribution in [0.25, 0.3) is 0 Å². The molecule has 1 aliphatic heterocycles. The Morgan fingerprint density at radius 2 is 1.57 bits per heavy atom. The number of hydrogen-bond donors (Lipinski definition) is 1. The van der Waals surface area contributed by atoms with Crippen molar-refractivity contribution in [2.45, 2.75) is 32.5 Å². The topological polar surface area (TPSA) is 69.7 Å². The number of carbonyl (C=O) groups excluding carboxylic acids is 1. The number of sulfonamides is 1. The van der Waals surface area contributed by atoms with E-state index < -0.39 is 10.0 Å². The highest BCUT2D eigenvalue weighted by Gasteiger charge is 2.19. The Bertz CT molecular complexity index is 1260. The first-order chi connectivity index (χ1) is 16.8. The summed E-state index contributed by atoms with van der Waals surface area (Å²) in [5, 5.41) is 2.98. The third-order valence-corrected chi connectivity index (χ3v) is 7.35. The van der Waals surface area contributed by atoms with Crippen molar-refractivity contribution in [1.82, 2.24) is 10.2 Å². The van der Waals surface area contributed by atoms with Gasteiger partial charge in [0.05, 0.1) is 18.5 Å². The molecule has 0 unspecified atom stereocenters. The van der Waals surface area contributed by atoms with E-state index in [2.05, 4.69) is 16.3 Å². The van der Waals surface area contributed by atoms with Crippen molar-refractivity contribution in [3.63, 3.8) is 0 Å². The minimum absolute atomic E-state index is 0.0679. The molecule has 184 valence electrons. The van der Waals surface area contributed by atoms with Crippen molar-refractivity contribution in [1.29, 1.82) is 0 Å². The lowest BCUT2D eigenvalue weighted by atomic mass is 10.1. The molecule has 0 saturated carbocycles. The van der Waals surface area contributed by atoms with E-state index in [0.717, 1.165) is 31.5 Å². The smallest absolute Gasteiger partial charge is 0.251 e. The number of amides is 1. The Morgan fingerprint density at radius 1 is 0.943 bits per heavy atom. The normalized spacial score (nSPS) is 14.1. The molecule has 6 nitrogen and oxygen atoms in total. The first-order valence-corrected chi connectivity index (χ1v) is 13.5. The van der Waals surface area contributed by atoms with Gasteiger partial charge in [-0.15, -0.1) is 0 Å². The van der Waals surface area contributed by atoms with Crippen molar-refractivity contribution in [3.8, 4) is 0 Å². The number of rotatable bonds is 9. The van der Waals surface area contributed by atoms with Crippen LogP contribution in [0.15, 0.2) is 72.8 Å². The first-order valence-electron chi connectivity index (χ1n) is 11.7. The van der Waals surface area contributed by atoms with Gasteiger partial charge in [0.15, 0.2) is 0 Å². The Kier molecular flexibility index (Phi) is 7.83. The molecule has 0 radical (unpaired) electrons. The largest absolute Gasteiger partial charge is 0.348 e. The number of anilines is 1. The summed E-state index contributed by atoms with van der Waals surface area (Å²) in [4.78, 5) is 15.2. The van der Waals surface area contributed by atoms with Gasteiger partial charge in [-0.05, 0) is 79.0 Å². The molecule has 4 rings (SSSR count). The molecule has 1 fully saturated rings. The second-order valence-corrected chi connectivity index (χ2v) is 10.8. The van der Waals surface area contributed by atoms with Crippen LogP contribution in [0.5, 0.6) is 0 Å². The zero-order valence-electron chi connectivity index (χ0n) is 19.8. The molecule has 0 aliphatic carbocycles. The van der Waals surface area contributed by atoms with Gasteiger partial charge in [0.25, 0.3) is 5.91 Å². The molecule has 1 heterocycles. The maximum Gasteiger partial charge on any atom is 0.251 e. The van der Waals surface area contributed by atoms with Crippen molar-refractivity contribution < 1.29 is 17.6 Å². The van der Waals surface area contributed by atoms with Crippen LogP contribution < -0.4 is 9.62 Å². The lowest BCUT2D eigenvalue weighted by Crippen LogP contribution is -2.29. The highest BCUT2D eigenvalue weighted by Crippen LogP contribution is 2.22. The van der Waals surface area contributed by atoms with Crippen LogP contribution in [0.1, 0.15) is 39.9 Å². The van der Waals surface area contributed by atoms with Crippen molar-refractivity contribution >= 4 is 21.6 Å². The molecule has 0 atom stereocenters. The molecule has 1 saturated heterocycles. The molecule has 1 amide bonds. The van der Waals surface area contributed by atoms with Gasteiger partial charge in [-0.3, -0.25) is 14.0 Å². The number of likely N-dealkylation sites (tertiary alicyclic amines) is 1. The maximum atomic E-state index is 13.2. The molecule has 0 aromatic heterocycles. The summed E-state index contributed by atoms with van der Waals surface area (Å²) in [6.07, 6.45) is 3.59. The van der Waals surface area contributed by atoms with E-state index >= 15 is 0 Å². The Hall–Kier alpha value is -3.23. The van der Waals surface area contributed by atoms with Crippen molar-refractivity contribution in [2.24, 2.45) is 0 Å². The predicted molar refractivity (Wildman–Crippen MR) is 136 cm³/mol. The third kappa shape index (κ3) is 6.68. The Balaban J connectivity index is 1.42. The molecule has 3 aromatic carbocycles.